The fourth-order valence-electron chi connectivity index (χ4n) is 9.48. The normalized spacial score (nSPS) is 18.2. The highest BCUT2D eigenvalue weighted by Gasteiger charge is 2.45. The molecule has 6 aromatic carbocycles. The van der Waals surface area contributed by atoms with Crippen LogP contribution in [-0.2, 0) is 0 Å². The lowest BCUT2D eigenvalue weighted by atomic mass is 9.80. The summed E-state index contributed by atoms with van der Waals surface area (Å²) in [4.78, 5) is 13.6. The van der Waals surface area contributed by atoms with Crippen LogP contribution < -0.4 is 15.3 Å². The Morgan fingerprint density at radius 2 is 1.38 bits per heavy atom. The van der Waals surface area contributed by atoms with Crippen molar-refractivity contribution in [1.29, 1.82) is 0 Å². The predicted molar refractivity (Wildman–Crippen MR) is 217 cm³/mol. The van der Waals surface area contributed by atoms with Crippen LogP contribution in [0.1, 0.15) is 24.3 Å². The molecule has 0 N–H and O–H groups in total. The minimum atomic E-state index is 0.106. The topological polar surface area (TPSA) is 29.0 Å². The molecule has 2 aromatic heterocycles. The van der Waals surface area contributed by atoms with Crippen LogP contribution in [0.15, 0.2) is 157 Å². The highest BCUT2D eigenvalue weighted by Crippen LogP contribution is 2.54. The van der Waals surface area contributed by atoms with E-state index in [1.165, 1.54) is 75.3 Å². The summed E-state index contributed by atoms with van der Waals surface area (Å²) in [5.41, 5.74) is 14.7. The summed E-state index contributed by atoms with van der Waals surface area (Å²) < 4.78 is 2.55. The average Bonchev–Trinajstić information content (AvgIpc) is 3.72. The largest absolute Gasteiger partial charge is 0.316 e. The van der Waals surface area contributed by atoms with E-state index in [0.717, 1.165) is 41.0 Å². The van der Waals surface area contributed by atoms with Crippen LogP contribution in [0.2, 0.25) is 0 Å². The third-order valence-electron chi connectivity index (χ3n) is 11.6. The van der Waals surface area contributed by atoms with E-state index in [0.29, 0.717) is 0 Å². The molecule has 8 aromatic rings. The van der Waals surface area contributed by atoms with Crippen molar-refractivity contribution in [2.45, 2.75) is 24.8 Å². The molecule has 1 aliphatic heterocycles. The van der Waals surface area contributed by atoms with E-state index in [1.54, 1.807) is 0 Å². The first kappa shape index (κ1) is 28.6. The van der Waals surface area contributed by atoms with Crippen LogP contribution in [-0.4, -0.2) is 16.0 Å². The third kappa shape index (κ3) is 3.90. The highest BCUT2D eigenvalue weighted by molar-refractivity contribution is 7.26. The van der Waals surface area contributed by atoms with Gasteiger partial charge in [-0.05, 0) is 98.7 Å². The molecule has 0 spiro atoms. The van der Waals surface area contributed by atoms with Gasteiger partial charge in [0, 0.05) is 37.4 Å². The Morgan fingerprint density at radius 3 is 2.31 bits per heavy atom. The van der Waals surface area contributed by atoms with Gasteiger partial charge in [-0.1, -0.05) is 115 Å². The second-order valence-corrected chi connectivity index (χ2v) is 15.4. The molecule has 4 aliphatic rings. The minimum absolute atomic E-state index is 0.106. The molecule has 3 aliphatic carbocycles. The summed E-state index contributed by atoms with van der Waals surface area (Å²) in [7, 11) is 0. The quantitative estimate of drug-likeness (QED) is 0.186. The van der Waals surface area contributed by atoms with Gasteiger partial charge in [0.05, 0.1) is 17.1 Å². The standard InChI is InChI=1S/C48H31N3S/c1-2-12-28(13-3-1)30-26-29-24-25-41-45-43(29)37(27-30)32-15-5-4-14-31(32)34-17-11-22-40(44(34)45)51(41)48-46(49-38-20-7-8-21-39(38)50-48)36-19-10-18-35-33-16-6-9-23-42(33)52-47(35)36/h1-16,18-24,26-27,34,41H,17,25H2. The maximum Gasteiger partial charge on any atom is 0.161 e. The first-order chi connectivity index (χ1) is 25.8. The van der Waals surface area contributed by atoms with E-state index < -0.39 is 0 Å². The van der Waals surface area contributed by atoms with E-state index in [1.807, 2.05) is 11.3 Å². The number of para-hydroxylation sites is 2. The van der Waals surface area contributed by atoms with Crippen LogP contribution in [0, 0.1) is 0 Å². The van der Waals surface area contributed by atoms with E-state index in [9.17, 15) is 0 Å². The molecule has 4 heteroatoms. The Balaban J connectivity index is 1.17. The number of hydrogen-bond acceptors (Lipinski definition) is 4. The number of benzene rings is 6. The van der Waals surface area contributed by atoms with Gasteiger partial charge in [0.1, 0.15) is 5.69 Å². The molecule has 0 radical (unpaired) electrons. The Hall–Kier alpha value is -6.10. The summed E-state index contributed by atoms with van der Waals surface area (Å²) in [6.45, 7) is 0. The van der Waals surface area contributed by atoms with Crippen molar-refractivity contribution in [3.8, 4) is 33.5 Å². The lowest BCUT2D eigenvalue weighted by Gasteiger charge is -2.31. The lowest BCUT2D eigenvalue weighted by Crippen LogP contribution is -2.41. The molecular weight excluding hydrogens is 651 g/mol. The second kappa shape index (κ2) is 10.7. The van der Waals surface area contributed by atoms with Gasteiger partial charge in [0.25, 0.3) is 0 Å². The summed E-state index contributed by atoms with van der Waals surface area (Å²) >= 11 is 1.86. The highest BCUT2D eigenvalue weighted by atomic mass is 32.1. The summed E-state index contributed by atoms with van der Waals surface area (Å²) in [5, 5.41) is 5.29. The van der Waals surface area contributed by atoms with Crippen molar-refractivity contribution in [3.05, 3.63) is 173 Å². The molecule has 2 atom stereocenters. The zero-order valence-electron chi connectivity index (χ0n) is 28.3. The van der Waals surface area contributed by atoms with Crippen molar-refractivity contribution >= 4 is 60.0 Å². The SMILES string of the molecule is C1=CC2=C3C4=c5c(cc(-c6ccccc6)cc5=CCC4N2c2nc4ccccc4nc2-c2cccc4c2sc2ccccc24)-c2ccccc2C3C1. The smallest absolute Gasteiger partial charge is 0.161 e. The van der Waals surface area contributed by atoms with Gasteiger partial charge in [0.2, 0.25) is 0 Å². The van der Waals surface area contributed by atoms with Gasteiger partial charge < -0.3 is 4.90 Å². The van der Waals surface area contributed by atoms with Gasteiger partial charge in [0.15, 0.2) is 5.82 Å². The molecule has 0 saturated heterocycles. The number of hydrogen-bond donors (Lipinski definition) is 0. The van der Waals surface area contributed by atoms with Crippen LogP contribution in [0.4, 0.5) is 5.82 Å². The molecular formula is C48H31N3S. The zero-order chi connectivity index (χ0) is 33.9. The summed E-state index contributed by atoms with van der Waals surface area (Å²) in [6, 6.07) is 48.8. The number of fused-ring (bicyclic) bond motifs is 7. The molecule has 0 bridgehead atoms. The Bertz CT molecular complexity index is 3040. The maximum absolute atomic E-state index is 5.57. The number of rotatable bonds is 3. The number of nitrogens with zero attached hydrogens (tertiary/aromatic N) is 3. The minimum Gasteiger partial charge on any atom is -0.316 e. The average molecular weight is 682 g/mol. The zero-order valence-corrected chi connectivity index (χ0v) is 29.1. The molecule has 0 fully saturated rings. The van der Waals surface area contributed by atoms with E-state index in [-0.39, 0.29) is 12.0 Å². The molecule has 3 nitrogen and oxygen atoms in total. The molecule has 52 heavy (non-hydrogen) atoms. The molecule has 2 unspecified atom stereocenters. The van der Waals surface area contributed by atoms with Gasteiger partial charge in [-0.2, -0.15) is 0 Å². The first-order valence-corrected chi connectivity index (χ1v) is 19.0. The molecule has 0 saturated carbocycles. The van der Waals surface area contributed by atoms with Gasteiger partial charge in [-0.15, -0.1) is 11.3 Å². The second-order valence-electron chi connectivity index (χ2n) is 14.3. The predicted octanol–water partition coefficient (Wildman–Crippen LogP) is 10.5. The fraction of sp³-hybridized carbons (Fsp3) is 0.0833. The van der Waals surface area contributed by atoms with Crippen molar-refractivity contribution in [2.75, 3.05) is 4.90 Å². The summed E-state index contributed by atoms with van der Waals surface area (Å²) in [5.74, 6) is 1.20. The number of thiophene rings is 1. The Morgan fingerprint density at radius 1 is 0.615 bits per heavy atom. The van der Waals surface area contributed by atoms with E-state index in [2.05, 4.69) is 157 Å². The van der Waals surface area contributed by atoms with E-state index in [4.69, 9.17) is 9.97 Å². The number of anilines is 1. The van der Waals surface area contributed by atoms with Crippen molar-refractivity contribution < 1.29 is 0 Å². The molecule has 244 valence electrons. The maximum atomic E-state index is 5.57. The van der Waals surface area contributed by atoms with Crippen molar-refractivity contribution in [1.82, 2.24) is 9.97 Å². The monoisotopic (exact) mass is 681 g/mol. The Kier molecular flexibility index (Phi) is 5.88. The van der Waals surface area contributed by atoms with Gasteiger partial charge in [-0.25, -0.2) is 9.97 Å². The fourth-order valence-corrected chi connectivity index (χ4v) is 10.7. The molecule has 12 rings (SSSR count). The van der Waals surface area contributed by atoms with Crippen molar-refractivity contribution in [2.24, 2.45) is 0 Å². The van der Waals surface area contributed by atoms with E-state index >= 15 is 0 Å². The van der Waals surface area contributed by atoms with Gasteiger partial charge >= 0.3 is 0 Å². The van der Waals surface area contributed by atoms with Crippen LogP contribution in [0.5, 0.6) is 0 Å². The molecule has 3 heterocycles. The first-order valence-electron chi connectivity index (χ1n) is 18.2. The third-order valence-corrected chi connectivity index (χ3v) is 12.9. The number of aromatic nitrogens is 2. The lowest BCUT2D eigenvalue weighted by molar-refractivity contribution is 0.808. The van der Waals surface area contributed by atoms with Crippen molar-refractivity contribution in [3.63, 3.8) is 0 Å². The van der Waals surface area contributed by atoms with Crippen LogP contribution in [0.25, 0.3) is 76.4 Å². The molecule has 0 amide bonds. The number of allylic oxidation sites excluding steroid dienone is 2. The summed E-state index contributed by atoms with van der Waals surface area (Å²) in [6.07, 6.45) is 9.13. The van der Waals surface area contributed by atoms with Crippen LogP contribution >= 0.6 is 11.3 Å². The Labute approximate surface area is 304 Å². The van der Waals surface area contributed by atoms with Gasteiger partial charge in [-0.3, -0.25) is 0 Å². The van der Waals surface area contributed by atoms with Crippen LogP contribution in [0.3, 0.4) is 0 Å².